The summed E-state index contributed by atoms with van der Waals surface area (Å²) >= 11 is 0. The number of hydrazine groups is 2. The Hall–Kier alpha value is -0.160. The highest BCUT2D eigenvalue weighted by molar-refractivity contribution is 5.15. The third kappa shape index (κ3) is 1.60. The molecule has 0 amide bonds. The van der Waals surface area contributed by atoms with Gasteiger partial charge in [0.2, 0.25) is 0 Å². The van der Waals surface area contributed by atoms with Gasteiger partial charge in [0.25, 0.3) is 0 Å². The molecule has 0 radical (unpaired) electrons. The number of nitrogens with zero attached hydrogens (tertiary/aromatic N) is 2. The van der Waals surface area contributed by atoms with Crippen LogP contribution in [0.1, 0.15) is 44.9 Å². The van der Waals surface area contributed by atoms with Gasteiger partial charge in [-0.05, 0) is 12.8 Å². The largest absolute Gasteiger partial charge is 0.262 e. The predicted octanol–water partition coefficient (Wildman–Crippen LogP) is 1.02. The first kappa shape index (κ1) is 10.0. The van der Waals surface area contributed by atoms with Crippen molar-refractivity contribution in [3.05, 3.63) is 0 Å². The lowest BCUT2D eigenvalue weighted by atomic mass is 9.90. The highest BCUT2D eigenvalue weighted by Gasteiger charge is 2.62. The zero-order valence-corrected chi connectivity index (χ0v) is 9.63. The van der Waals surface area contributed by atoms with Gasteiger partial charge in [-0.25, -0.2) is 10.9 Å². The van der Waals surface area contributed by atoms with Gasteiger partial charge in [0.15, 0.2) is 0 Å². The smallest absolute Gasteiger partial charge is 0.0948 e. The molecule has 1 aliphatic carbocycles. The van der Waals surface area contributed by atoms with E-state index < -0.39 is 0 Å². The Balaban J connectivity index is 1.68. The molecule has 0 aromatic heterocycles. The summed E-state index contributed by atoms with van der Waals surface area (Å²) in [4.78, 5) is 2.60. The van der Waals surface area contributed by atoms with E-state index in [0.717, 1.165) is 6.67 Å². The Morgan fingerprint density at radius 3 is 2.40 bits per heavy atom. The normalized spacial score (nSPS) is 40.6. The zero-order chi connectivity index (χ0) is 10.3. The van der Waals surface area contributed by atoms with E-state index >= 15 is 0 Å². The first-order valence-corrected chi connectivity index (χ1v) is 6.33. The van der Waals surface area contributed by atoms with Crippen LogP contribution in [0, 0.1) is 0 Å². The van der Waals surface area contributed by atoms with E-state index in [9.17, 15) is 0 Å². The maximum absolute atomic E-state index is 3.51. The van der Waals surface area contributed by atoms with Gasteiger partial charge in [0.05, 0.1) is 18.4 Å². The number of hydrogen-bond acceptors (Lipinski definition) is 4. The molecular weight excluding hydrogens is 188 g/mol. The van der Waals surface area contributed by atoms with Crippen molar-refractivity contribution in [2.75, 3.05) is 13.7 Å². The van der Waals surface area contributed by atoms with Crippen molar-refractivity contribution in [2.45, 2.75) is 56.7 Å². The summed E-state index contributed by atoms with van der Waals surface area (Å²) in [5.74, 6) is 0. The third-order valence-corrected chi connectivity index (χ3v) is 4.34. The molecule has 15 heavy (non-hydrogen) atoms. The first-order valence-electron chi connectivity index (χ1n) is 6.33. The minimum Gasteiger partial charge on any atom is -0.262 e. The molecule has 2 N–H and O–H groups in total. The molecular formula is C11H22N4. The standard InChI is InChI=1S/C11H22N4/c1-14-12-9-15-10(13-14)11(15)7-5-3-2-4-6-8-11/h10,12-13H,2-9H2,1H3. The number of rotatable bonds is 0. The minimum absolute atomic E-state index is 0.498. The van der Waals surface area contributed by atoms with Gasteiger partial charge in [0.1, 0.15) is 0 Å². The fraction of sp³-hybridized carbons (Fsp3) is 1.00. The summed E-state index contributed by atoms with van der Waals surface area (Å²) in [7, 11) is 2.06. The Labute approximate surface area is 91.9 Å². The van der Waals surface area contributed by atoms with Crippen molar-refractivity contribution < 1.29 is 0 Å². The van der Waals surface area contributed by atoms with Crippen molar-refractivity contribution in [1.82, 2.24) is 20.9 Å². The fourth-order valence-corrected chi connectivity index (χ4v) is 3.36. The van der Waals surface area contributed by atoms with Crippen molar-refractivity contribution in [1.29, 1.82) is 0 Å². The Bertz CT molecular complexity index is 235. The quantitative estimate of drug-likeness (QED) is 0.584. The van der Waals surface area contributed by atoms with Crippen LogP contribution < -0.4 is 10.9 Å². The van der Waals surface area contributed by atoms with Gasteiger partial charge in [-0.2, -0.15) is 5.12 Å². The Morgan fingerprint density at radius 2 is 1.73 bits per heavy atom. The van der Waals surface area contributed by atoms with Crippen LogP contribution in [-0.4, -0.2) is 35.4 Å². The van der Waals surface area contributed by atoms with E-state index in [2.05, 4.69) is 22.8 Å². The molecule has 3 fully saturated rings. The van der Waals surface area contributed by atoms with Crippen LogP contribution in [-0.2, 0) is 0 Å². The molecule has 4 nitrogen and oxygen atoms in total. The second kappa shape index (κ2) is 3.70. The molecule has 2 heterocycles. The van der Waals surface area contributed by atoms with Crippen LogP contribution in [0.2, 0.25) is 0 Å². The van der Waals surface area contributed by atoms with E-state index in [-0.39, 0.29) is 0 Å². The minimum atomic E-state index is 0.498. The van der Waals surface area contributed by atoms with Crippen LogP contribution in [0.4, 0.5) is 0 Å². The lowest BCUT2D eigenvalue weighted by Crippen LogP contribution is -2.53. The summed E-state index contributed by atoms with van der Waals surface area (Å²) in [6, 6.07) is 0. The summed E-state index contributed by atoms with van der Waals surface area (Å²) < 4.78 is 0. The maximum Gasteiger partial charge on any atom is 0.0948 e. The van der Waals surface area contributed by atoms with E-state index in [1.165, 1.54) is 44.9 Å². The van der Waals surface area contributed by atoms with Gasteiger partial charge < -0.3 is 0 Å². The van der Waals surface area contributed by atoms with Gasteiger partial charge in [-0.3, -0.25) is 4.90 Å². The van der Waals surface area contributed by atoms with Crippen LogP contribution in [0.15, 0.2) is 0 Å². The Morgan fingerprint density at radius 1 is 1.07 bits per heavy atom. The van der Waals surface area contributed by atoms with Crippen molar-refractivity contribution >= 4 is 0 Å². The molecule has 3 rings (SSSR count). The van der Waals surface area contributed by atoms with Crippen molar-refractivity contribution in [3.8, 4) is 0 Å². The highest BCUT2D eigenvalue weighted by Crippen LogP contribution is 2.48. The van der Waals surface area contributed by atoms with E-state index in [1.807, 2.05) is 5.12 Å². The highest BCUT2D eigenvalue weighted by atomic mass is 15.8. The molecule has 1 saturated carbocycles. The second-order valence-electron chi connectivity index (χ2n) is 5.25. The van der Waals surface area contributed by atoms with Crippen molar-refractivity contribution in [3.63, 3.8) is 0 Å². The topological polar surface area (TPSA) is 30.3 Å². The summed E-state index contributed by atoms with van der Waals surface area (Å²) in [5.41, 5.74) is 7.34. The molecule has 0 bridgehead atoms. The molecule has 2 unspecified atom stereocenters. The summed E-state index contributed by atoms with van der Waals surface area (Å²) in [6.07, 6.45) is 10.5. The van der Waals surface area contributed by atoms with Crippen LogP contribution in [0.25, 0.3) is 0 Å². The zero-order valence-electron chi connectivity index (χ0n) is 9.63. The number of fused-ring (bicyclic) bond motifs is 3. The van der Waals surface area contributed by atoms with Gasteiger partial charge >= 0.3 is 0 Å². The fourth-order valence-electron chi connectivity index (χ4n) is 3.36. The molecule has 2 aliphatic heterocycles. The average Bonchev–Trinajstić information content (AvgIpc) is 2.80. The molecule has 2 atom stereocenters. The molecule has 4 heteroatoms. The molecule has 2 saturated heterocycles. The van der Waals surface area contributed by atoms with Gasteiger partial charge in [-0.1, -0.05) is 32.1 Å². The molecule has 0 aromatic rings. The van der Waals surface area contributed by atoms with Gasteiger partial charge in [0, 0.05) is 7.05 Å². The van der Waals surface area contributed by atoms with Gasteiger partial charge in [-0.15, -0.1) is 0 Å². The number of nitrogens with one attached hydrogen (secondary N) is 2. The van der Waals surface area contributed by atoms with Crippen LogP contribution >= 0.6 is 0 Å². The Kier molecular flexibility index (Phi) is 2.47. The molecule has 1 spiro atoms. The van der Waals surface area contributed by atoms with Crippen molar-refractivity contribution in [2.24, 2.45) is 0 Å². The summed E-state index contributed by atoms with van der Waals surface area (Å²) in [6.45, 7) is 1.02. The maximum atomic E-state index is 3.51. The van der Waals surface area contributed by atoms with E-state index in [1.54, 1.807) is 0 Å². The molecule has 3 aliphatic rings. The number of hydrogen-bond donors (Lipinski definition) is 2. The first-order chi connectivity index (χ1) is 7.33. The molecule has 86 valence electrons. The third-order valence-electron chi connectivity index (χ3n) is 4.34. The lowest BCUT2D eigenvalue weighted by molar-refractivity contribution is 0.0771. The second-order valence-corrected chi connectivity index (χ2v) is 5.25. The molecule has 0 aromatic carbocycles. The predicted molar refractivity (Wildman–Crippen MR) is 59.6 cm³/mol. The lowest BCUT2D eigenvalue weighted by Gasteiger charge is -2.23. The summed E-state index contributed by atoms with van der Waals surface area (Å²) in [5, 5.41) is 2.02. The van der Waals surface area contributed by atoms with E-state index in [0.29, 0.717) is 11.7 Å². The van der Waals surface area contributed by atoms with E-state index in [4.69, 9.17) is 0 Å². The average molecular weight is 210 g/mol. The van der Waals surface area contributed by atoms with Crippen LogP contribution in [0.5, 0.6) is 0 Å². The SMILES string of the molecule is CN1NCN2C(N1)C21CCCCCCC1. The monoisotopic (exact) mass is 210 g/mol. The van der Waals surface area contributed by atoms with Crippen LogP contribution in [0.3, 0.4) is 0 Å².